The van der Waals surface area contributed by atoms with E-state index in [1.807, 2.05) is 4.90 Å². The van der Waals surface area contributed by atoms with Crippen molar-refractivity contribution in [3.8, 4) is 0 Å². The quantitative estimate of drug-likeness (QED) is 0.359. The molecule has 11 nitrogen and oxygen atoms in total. The van der Waals surface area contributed by atoms with E-state index < -0.39 is 18.3 Å². The molecule has 0 aromatic carbocycles. The number of methoxy groups -OCH3 is 2. The molecule has 1 aliphatic rings. The Morgan fingerprint density at radius 1 is 1.16 bits per heavy atom. The van der Waals surface area contributed by atoms with Gasteiger partial charge in [0.2, 0.25) is 11.8 Å². The average Bonchev–Trinajstić information content (AvgIpc) is 2.88. The van der Waals surface area contributed by atoms with Gasteiger partial charge in [-0.1, -0.05) is 25.6 Å². The van der Waals surface area contributed by atoms with Gasteiger partial charge in [0.1, 0.15) is 24.9 Å². The lowest BCUT2D eigenvalue weighted by Gasteiger charge is -2.38. The number of hydrogen-bond donors (Lipinski definition) is 2. The van der Waals surface area contributed by atoms with Crippen LogP contribution in [-0.4, -0.2) is 126 Å². The summed E-state index contributed by atoms with van der Waals surface area (Å²) in [6.45, 7) is 5.12. The van der Waals surface area contributed by atoms with Crippen molar-refractivity contribution in [2.45, 2.75) is 62.6 Å². The largest absolute Gasteiger partial charge is 0.388 e. The minimum Gasteiger partial charge on any atom is -0.388 e. The minimum atomic E-state index is -1.26. The SMILES string of the molecule is COCC(=O)N1C[C@H](CC(C)C)N(C(=O)CSc2ncccn2)CCCCOC[C@@H](O)[C@@H](O)[C@H](OC)C1. The average molecular weight is 543 g/mol. The van der Waals surface area contributed by atoms with Crippen LogP contribution in [0.3, 0.4) is 0 Å². The maximum atomic E-state index is 13.5. The molecular formula is C25H42N4O7S. The molecule has 2 N–H and O–H groups in total. The molecule has 1 aromatic rings. The van der Waals surface area contributed by atoms with Crippen molar-refractivity contribution in [2.24, 2.45) is 5.92 Å². The molecule has 0 radical (unpaired) electrons. The fourth-order valence-corrected chi connectivity index (χ4v) is 4.94. The number of thioether (sulfide) groups is 1. The van der Waals surface area contributed by atoms with Crippen LogP contribution in [-0.2, 0) is 23.8 Å². The molecule has 12 heteroatoms. The van der Waals surface area contributed by atoms with Gasteiger partial charge < -0.3 is 34.2 Å². The van der Waals surface area contributed by atoms with Gasteiger partial charge in [0.25, 0.3) is 0 Å². The minimum absolute atomic E-state index is 0.0279. The number of ether oxygens (including phenoxy) is 3. The summed E-state index contributed by atoms with van der Waals surface area (Å²) in [7, 11) is 2.87. The van der Waals surface area contributed by atoms with Crippen molar-refractivity contribution >= 4 is 23.6 Å². The third-order valence-corrected chi connectivity index (χ3v) is 6.99. The maximum Gasteiger partial charge on any atom is 0.248 e. The van der Waals surface area contributed by atoms with Gasteiger partial charge in [-0.25, -0.2) is 9.97 Å². The molecule has 1 fully saturated rings. The van der Waals surface area contributed by atoms with E-state index in [-0.39, 0.29) is 55.8 Å². The van der Waals surface area contributed by atoms with Gasteiger partial charge in [0, 0.05) is 58.9 Å². The highest BCUT2D eigenvalue weighted by Gasteiger charge is 2.33. The Morgan fingerprint density at radius 2 is 1.89 bits per heavy atom. The Hall–Kier alpha value is -1.83. The molecule has 0 spiro atoms. The second kappa shape index (κ2) is 16.9. The first-order chi connectivity index (χ1) is 17.8. The lowest BCUT2D eigenvalue weighted by molar-refractivity contribution is -0.145. The summed E-state index contributed by atoms with van der Waals surface area (Å²) in [6.07, 6.45) is 2.06. The molecule has 1 saturated heterocycles. The molecule has 2 amide bonds. The number of carbonyl (C=O) groups excluding carboxylic acids is 2. The Bertz CT molecular complexity index is 805. The lowest BCUT2D eigenvalue weighted by atomic mass is 10.00. The molecule has 1 aromatic heterocycles. The number of hydrogen-bond acceptors (Lipinski definition) is 10. The zero-order valence-corrected chi connectivity index (χ0v) is 23.1. The summed E-state index contributed by atoms with van der Waals surface area (Å²) in [4.78, 5) is 38.4. The second-order valence-electron chi connectivity index (χ2n) is 9.54. The van der Waals surface area contributed by atoms with Gasteiger partial charge >= 0.3 is 0 Å². The first kappa shape index (κ1) is 31.4. The van der Waals surface area contributed by atoms with Crippen LogP contribution in [0.2, 0.25) is 0 Å². The van der Waals surface area contributed by atoms with Gasteiger partial charge in [-0.15, -0.1) is 0 Å². The molecule has 4 atom stereocenters. The summed E-state index contributed by atoms with van der Waals surface area (Å²) >= 11 is 1.28. The summed E-state index contributed by atoms with van der Waals surface area (Å²) in [5.74, 6) is 0.0849. The zero-order valence-electron chi connectivity index (χ0n) is 22.3. The van der Waals surface area contributed by atoms with Crippen LogP contribution in [0.25, 0.3) is 0 Å². The van der Waals surface area contributed by atoms with Gasteiger partial charge in [0.05, 0.1) is 12.4 Å². The standard InChI is InChI=1S/C25H42N4O7S/c1-18(2)12-19-13-28(22(31)16-34-3)14-21(35-4)24(33)20(30)15-36-11-6-5-10-29(19)23(32)17-37-25-26-8-7-9-27-25/h7-9,18-21,24,30,33H,5-6,10-17H2,1-4H3/t19-,20+,21+,24+/m0/s1. The van der Waals surface area contributed by atoms with Crippen molar-refractivity contribution in [1.29, 1.82) is 0 Å². The van der Waals surface area contributed by atoms with Crippen LogP contribution in [0, 0.1) is 5.92 Å². The molecular weight excluding hydrogens is 500 g/mol. The van der Waals surface area contributed by atoms with Crippen molar-refractivity contribution in [2.75, 3.05) is 59.4 Å². The van der Waals surface area contributed by atoms with Gasteiger partial charge in [-0.3, -0.25) is 9.59 Å². The Balaban J connectivity index is 2.34. The highest BCUT2D eigenvalue weighted by molar-refractivity contribution is 7.99. The van der Waals surface area contributed by atoms with Crippen LogP contribution in [0.15, 0.2) is 23.6 Å². The van der Waals surface area contributed by atoms with Crippen molar-refractivity contribution in [3.05, 3.63) is 18.5 Å². The van der Waals surface area contributed by atoms with Gasteiger partial charge in [-0.05, 0) is 31.2 Å². The number of rotatable bonds is 8. The Labute approximate surface area is 223 Å². The fraction of sp³-hybridized carbons (Fsp3) is 0.760. The van der Waals surface area contributed by atoms with E-state index in [1.54, 1.807) is 23.4 Å². The van der Waals surface area contributed by atoms with E-state index in [1.165, 1.54) is 26.0 Å². The number of amides is 2. The van der Waals surface area contributed by atoms with E-state index in [0.29, 0.717) is 37.6 Å². The third-order valence-electron chi connectivity index (χ3n) is 6.13. The van der Waals surface area contributed by atoms with Crippen molar-refractivity contribution < 1.29 is 34.0 Å². The fourth-order valence-electron chi connectivity index (χ4n) is 4.25. The van der Waals surface area contributed by atoms with E-state index in [4.69, 9.17) is 14.2 Å². The highest BCUT2D eigenvalue weighted by Crippen LogP contribution is 2.20. The summed E-state index contributed by atoms with van der Waals surface area (Å²) in [5.41, 5.74) is 0. The van der Waals surface area contributed by atoms with Crippen LogP contribution in [0.5, 0.6) is 0 Å². The third kappa shape index (κ3) is 10.8. The van der Waals surface area contributed by atoms with E-state index in [9.17, 15) is 19.8 Å². The molecule has 0 saturated carbocycles. The number of carbonyl (C=O) groups is 2. The predicted octanol–water partition coefficient (Wildman–Crippen LogP) is 0.834. The smallest absolute Gasteiger partial charge is 0.248 e. The Morgan fingerprint density at radius 3 is 2.54 bits per heavy atom. The lowest BCUT2D eigenvalue weighted by Crippen LogP contribution is -2.54. The molecule has 210 valence electrons. The van der Waals surface area contributed by atoms with Crippen LogP contribution >= 0.6 is 11.8 Å². The topological polar surface area (TPSA) is 135 Å². The molecule has 0 bridgehead atoms. The van der Waals surface area contributed by atoms with Crippen LogP contribution in [0.1, 0.15) is 33.1 Å². The van der Waals surface area contributed by atoms with E-state index in [0.717, 1.165) is 0 Å². The summed E-state index contributed by atoms with van der Waals surface area (Å²) < 4.78 is 16.1. The molecule has 0 unspecified atom stereocenters. The zero-order chi connectivity index (χ0) is 27.2. The van der Waals surface area contributed by atoms with Crippen molar-refractivity contribution in [1.82, 2.24) is 19.8 Å². The monoisotopic (exact) mass is 542 g/mol. The first-order valence-corrected chi connectivity index (χ1v) is 13.7. The molecule has 37 heavy (non-hydrogen) atoms. The predicted molar refractivity (Wildman–Crippen MR) is 139 cm³/mol. The highest BCUT2D eigenvalue weighted by atomic mass is 32.2. The maximum absolute atomic E-state index is 13.5. The van der Waals surface area contributed by atoms with Crippen LogP contribution < -0.4 is 0 Å². The molecule has 2 rings (SSSR count). The number of nitrogens with zero attached hydrogens (tertiary/aromatic N) is 4. The second-order valence-corrected chi connectivity index (χ2v) is 10.5. The molecule has 2 heterocycles. The van der Waals surface area contributed by atoms with E-state index in [2.05, 4.69) is 23.8 Å². The van der Waals surface area contributed by atoms with Crippen molar-refractivity contribution in [3.63, 3.8) is 0 Å². The number of aliphatic hydroxyl groups excluding tert-OH is 2. The number of aliphatic hydroxyl groups is 2. The number of aromatic nitrogens is 2. The van der Waals surface area contributed by atoms with E-state index >= 15 is 0 Å². The Kier molecular flexibility index (Phi) is 14.3. The first-order valence-electron chi connectivity index (χ1n) is 12.7. The molecule has 0 aliphatic carbocycles. The summed E-state index contributed by atoms with van der Waals surface area (Å²) in [6, 6.07) is 1.46. The normalized spacial score (nSPS) is 24.6. The summed E-state index contributed by atoms with van der Waals surface area (Å²) in [5, 5.41) is 21.6. The van der Waals surface area contributed by atoms with Gasteiger partial charge in [-0.2, -0.15) is 0 Å². The molecule has 1 aliphatic heterocycles. The van der Waals surface area contributed by atoms with Crippen LogP contribution in [0.4, 0.5) is 0 Å². The van der Waals surface area contributed by atoms with Gasteiger partial charge in [0.15, 0.2) is 5.16 Å².